The fraction of sp³-hybridized carbons (Fsp3) is 1.00. The first-order valence-electron chi connectivity index (χ1n) is 8.23. The van der Waals surface area contributed by atoms with Crippen molar-refractivity contribution < 1.29 is 0 Å². The van der Waals surface area contributed by atoms with Gasteiger partial charge >= 0.3 is 0 Å². The van der Waals surface area contributed by atoms with Gasteiger partial charge in [-0.25, -0.2) is 0 Å². The molecule has 4 nitrogen and oxygen atoms in total. The van der Waals surface area contributed by atoms with Crippen molar-refractivity contribution in [1.82, 2.24) is 10.6 Å². The number of nitrogens with one attached hydrogen (secondary N) is 2. The summed E-state index contributed by atoms with van der Waals surface area (Å²) >= 11 is 0. The Morgan fingerprint density at radius 1 is 0.421 bits per heavy atom. The highest BCUT2D eigenvalue weighted by Gasteiger charge is 1.92. The molecular weight excluding hydrogens is 236 g/mol. The number of hydrogen-bond donors (Lipinski definition) is 4. The van der Waals surface area contributed by atoms with Gasteiger partial charge in [-0.15, -0.1) is 0 Å². The Morgan fingerprint density at radius 2 is 0.737 bits per heavy atom. The second kappa shape index (κ2) is 17.8. The van der Waals surface area contributed by atoms with Crippen LogP contribution < -0.4 is 22.1 Å². The molecule has 0 saturated carbocycles. The molecule has 0 aliphatic carbocycles. The Hall–Kier alpha value is -0.160. The maximum absolute atomic E-state index is 5.44. The molecular formula is C15H36N4. The highest BCUT2D eigenvalue weighted by atomic mass is 14.8. The smallest absolute Gasteiger partial charge is 0.00484 e. The number of nitrogens with two attached hydrogens (primary N) is 2. The molecule has 0 spiro atoms. The van der Waals surface area contributed by atoms with E-state index in [2.05, 4.69) is 10.6 Å². The average Bonchev–Trinajstić information content (AvgIpc) is 2.43. The molecule has 0 aromatic rings. The van der Waals surface area contributed by atoms with Gasteiger partial charge in [-0.2, -0.15) is 0 Å². The van der Waals surface area contributed by atoms with Gasteiger partial charge in [0, 0.05) is 0 Å². The Labute approximate surface area is 120 Å². The van der Waals surface area contributed by atoms with Crippen LogP contribution in [0.15, 0.2) is 0 Å². The maximum atomic E-state index is 5.44. The van der Waals surface area contributed by atoms with Crippen molar-refractivity contribution in [1.29, 1.82) is 0 Å². The highest BCUT2D eigenvalue weighted by molar-refractivity contribution is 4.53. The van der Waals surface area contributed by atoms with E-state index >= 15 is 0 Å². The van der Waals surface area contributed by atoms with Crippen LogP contribution in [0.2, 0.25) is 0 Å². The van der Waals surface area contributed by atoms with Gasteiger partial charge in [0.05, 0.1) is 0 Å². The number of rotatable bonds is 16. The Morgan fingerprint density at radius 3 is 1.11 bits per heavy atom. The lowest BCUT2D eigenvalue weighted by molar-refractivity contribution is 0.543. The molecule has 19 heavy (non-hydrogen) atoms. The first kappa shape index (κ1) is 18.8. The van der Waals surface area contributed by atoms with Crippen LogP contribution in [-0.2, 0) is 0 Å². The average molecular weight is 272 g/mol. The lowest BCUT2D eigenvalue weighted by Crippen LogP contribution is -2.18. The summed E-state index contributed by atoms with van der Waals surface area (Å²) in [5, 5.41) is 6.95. The predicted octanol–water partition coefficient (Wildman–Crippen LogP) is 1.59. The molecule has 0 unspecified atom stereocenters. The summed E-state index contributed by atoms with van der Waals surface area (Å²) in [6.45, 7) is 6.24. The molecule has 0 aromatic carbocycles. The van der Waals surface area contributed by atoms with Crippen LogP contribution >= 0.6 is 0 Å². The molecule has 0 aliphatic rings. The largest absolute Gasteiger partial charge is 0.330 e. The van der Waals surface area contributed by atoms with Crippen LogP contribution in [0.4, 0.5) is 0 Å². The summed E-state index contributed by atoms with van der Waals surface area (Å²) in [4.78, 5) is 0. The summed E-state index contributed by atoms with van der Waals surface area (Å²) in [6, 6.07) is 0. The lowest BCUT2D eigenvalue weighted by atomic mass is 10.1. The second-order valence-corrected chi connectivity index (χ2v) is 5.26. The Balaban J connectivity index is 2.88. The molecule has 0 aliphatic heterocycles. The van der Waals surface area contributed by atoms with Crippen molar-refractivity contribution in [2.75, 3.05) is 39.3 Å². The van der Waals surface area contributed by atoms with Crippen molar-refractivity contribution in [2.45, 2.75) is 57.8 Å². The van der Waals surface area contributed by atoms with Gasteiger partial charge in [0.2, 0.25) is 0 Å². The van der Waals surface area contributed by atoms with Crippen LogP contribution in [0, 0.1) is 0 Å². The molecule has 0 radical (unpaired) electrons. The molecule has 0 amide bonds. The summed E-state index contributed by atoms with van der Waals surface area (Å²) in [5.41, 5.74) is 10.9. The first-order chi connectivity index (χ1) is 9.41. The van der Waals surface area contributed by atoms with Gasteiger partial charge in [0.1, 0.15) is 0 Å². The Bertz CT molecular complexity index is 137. The minimum absolute atomic E-state index is 0.821. The molecule has 0 atom stereocenters. The zero-order chi connectivity index (χ0) is 14.0. The van der Waals surface area contributed by atoms with Crippen LogP contribution in [0.25, 0.3) is 0 Å². The SMILES string of the molecule is NCCCCNCCCCCCCNCCCCN. The number of unbranched alkanes of at least 4 members (excludes halogenated alkanes) is 6. The van der Waals surface area contributed by atoms with Gasteiger partial charge in [-0.1, -0.05) is 19.3 Å². The van der Waals surface area contributed by atoms with E-state index in [0.717, 1.165) is 39.0 Å². The van der Waals surface area contributed by atoms with Crippen LogP contribution in [-0.4, -0.2) is 39.3 Å². The zero-order valence-electron chi connectivity index (χ0n) is 12.8. The normalized spacial score (nSPS) is 11.1. The van der Waals surface area contributed by atoms with Crippen molar-refractivity contribution in [3.8, 4) is 0 Å². The van der Waals surface area contributed by atoms with Crippen molar-refractivity contribution in [3.05, 3.63) is 0 Å². The summed E-state index contributed by atoms with van der Waals surface area (Å²) in [6.07, 6.45) is 11.4. The molecule has 0 aromatic heterocycles. The van der Waals surface area contributed by atoms with E-state index in [9.17, 15) is 0 Å². The summed E-state index contributed by atoms with van der Waals surface area (Å²) < 4.78 is 0. The van der Waals surface area contributed by atoms with Crippen LogP contribution in [0.1, 0.15) is 57.8 Å². The zero-order valence-corrected chi connectivity index (χ0v) is 12.8. The lowest BCUT2D eigenvalue weighted by Gasteiger charge is -2.05. The van der Waals surface area contributed by atoms with E-state index in [1.807, 2.05) is 0 Å². The fourth-order valence-corrected chi connectivity index (χ4v) is 2.07. The monoisotopic (exact) mass is 272 g/mol. The van der Waals surface area contributed by atoms with E-state index in [1.165, 1.54) is 58.0 Å². The minimum Gasteiger partial charge on any atom is -0.330 e. The first-order valence-corrected chi connectivity index (χ1v) is 8.23. The fourth-order valence-electron chi connectivity index (χ4n) is 2.07. The van der Waals surface area contributed by atoms with Crippen LogP contribution in [0.3, 0.4) is 0 Å². The molecule has 0 bridgehead atoms. The minimum atomic E-state index is 0.821. The van der Waals surface area contributed by atoms with Crippen molar-refractivity contribution in [3.63, 3.8) is 0 Å². The highest BCUT2D eigenvalue weighted by Crippen LogP contribution is 2.01. The van der Waals surface area contributed by atoms with Gasteiger partial charge in [0.25, 0.3) is 0 Å². The van der Waals surface area contributed by atoms with Gasteiger partial charge in [-0.05, 0) is 77.8 Å². The molecule has 6 N–H and O–H groups in total. The van der Waals surface area contributed by atoms with Crippen molar-refractivity contribution >= 4 is 0 Å². The quantitative estimate of drug-likeness (QED) is 0.322. The van der Waals surface area contributed by atoms with Gasteiger partial charge in [0.15, 0.2) is 0 Å². The standard InChI is InChI=1S/C15H36N4/c16-10-4-8-14-18-12-6-2-1-3-7-13-19-15-9-5-11-17/h18-19H,1-17H2. The van der Waals surface area contributed by atoms with Crippen LogP contribution in [0.5, 0.6) is 0 Å². The molecule has 0 fully saturated rings. The molecule has 0 rings (SSSR count). The van der Waals surface area contributed by atoms with Gasteiger partial charge < -0.3 is 22.1 Å². The maximum Gasteiger partial charge on any atom is -0.00484 e. The van der Waals surface area contributed by atoms with E-state index in [0.29, 0.717) is 0 Å². The van der Waals surface area contributed by atoms with E-state index < -0.39 is 0 Å². The third kappa shape index (κ3) is 17.8. The summed E-state index contributed by atoms with van der Waals surface area (Å²) in [7, 11) is 0. The second-order valence-electron chi connectivity index (χ2n) is 5.26. The molecule has 4 heteroatoms. The third-order valence-electron chi connectivity index (χ3n) is 3.32. The van der Waals surface area contributed by atoms with E-state index in [-0.39, 0.29) is 0 Å². The van der Waals surface area contributed by atoms with Gasteiger partial charge in [-0.3, -0.25) is 0 Å². The summed E-state index contributed by atoms with van der Waals surface area (Å²) in [5.74, 6) is 0. The van der Waals surface area contributed by atoms with E-state index in [4.69, 9.17) is 11.5 Å². The van der Waals surface area contributed by atoms with Crippen molar-refractivity contribution in [2.24, 2.45) is 11.5 Å². The topological polar surface area (TPSA) is 76.1 Å². The Kier molecular flexibility index (Phi) is 17.7. The number of hydrogen-bond acceptors (Lipinski definition) is 4. The molecule has 116 valence electrons. The third-order valence-corrected chi connectivity index (χ3v) is 3.32. The molecule has 0 heterocycles. The molecule has 0 saturated heterocycles. The predicted molar refractivity (Wildman–Crippen MR) is 85.4 cm³/mol. The van der Waals surface area contributed by atoms with E-state index in [1.54, 1.807) is 0 Å².